The molecule has 0 fully saturated rings. The van der Waals surface area contributed by atoms with Gasteiger partial charge in [-0.05, 0) is 19.9 Å². The molecule has 1 N–H and O–H groups in total. The normalized spacial score (nSPS) is 11.9. The van der Waals surface area contributed by atoms with Gasteiger partial charge in [-0.3, -0.25) is 14.8 Å². The van der Waals surface area contributed by atoms with Crippen molar-refractivity contribution in [3.05, 3.63) is 51.8 Å². The molecule has 3 heterocycles. The highest BCUT2D eigenvalue weighted by atomic mass is 16.1. The summed E-state index contributed by atoms with van der Waals surface area (Å²) in [7, 11) is 0. The second kappa shape index (κ2) is 5.26. The smallest absolute Gasteiger partial charge is 0.191 e. The van der Waals surface area contributed by atoms with E-state index in [1.54, 1.807) is 24.5 Å². The Morgan fingerprint density at radius 1 is 1.09 bits per heavy atom. The monoisotopic (exact) mass is 308 g/mol. The predicted molar refractivity (Wildman–Crippen MR) is 91.6 cm³/mol. The molecule has 5 nitrogen and oxygen atoms in total. The molecule has 0 spiro atoms. The topological polar surface area (TPSA) is 71.5 Å². The van der Waals surface area contributed by atoms with Gasteiger partial charge in [0.2, 0.25) is 0 Å². The van der Waals surface area contributed by atoms with Crippen molar-refractivity contribution in [1.82, 2.24) is 19.9 Å². The number of aromatic amines is 1. The van der Waals surface area contributed by atoms with E-state index in [4.69, 9.17) is 9.97 Å². The third-order valence-electron chi connectivity index (χ3n) is 3.84. The van der Waals surface area contributed by atoms with Crippen LogP contribution >= 0.6 is 0 Å². The molecular formula is C18H20N4O. The summed E-state index contributed by atoms with van der Waals surface area (Å²) in [6, 6.07) is 3.36. The van der Waals surface area contributed by atoms with E-state index in [0.717, 1.165) is 22.6 Å². The van der Waals surface area contributed by atoms with Gasteiger partial charge < -0.3 is 4.98 Å². The highest BCUT2D eigenvalue weighted by Crippen LogP contribution is 2.26. The van der Waals surface area contributed by atoms with Gasteiger partial charge in [-0.25, -0.2) is 4.98 Å². The minimum atomic E-state index is -0.0689. The Morgan fingerprint density at radius 2 is 1.83 bits per heavy atom. The number of fused-ring (bicyclic) bond motifs is 1. The summed E-state index contributed by atoms with van der Waals surface area (Å²) >= 11 is 0. The molecule has 0 saturated heterocycles. The number of nitrogens with one attached hydrogen (secondary N) is 1. The third-order valence-corrected chi connectivity index (χ3v) is 3.84. The van der Waals surface area contributed by atoms with Crippen molar-refractivity contribution in [1.29, 1.82) is 0 Å². The van der Waals surface area contributed by atoms with Crippen molar-refractivity contribution in [3.63, 3.8) is 0 Å². The van der Waals surface area contributed by atoms with Gasteiger partial charge in [-0.1, -0.05) is 20.8 Å². The fourth-order valence-corrected chi connectivity index (χ4v) is 2.79. The van der Waals surface area contributed by atoms with E-state index in [9.17, 15) is 4.79 Å². The molecule has 0 atom stereocenters. The molecule has 3 rings (SSSR count). The molecule has 118 valence electrons. The van der Waals surface area contributed by atoms with Crippen LogP contribution in [0.4, 0.5) is 0 Å². The van der Waals surface area contributed by atoms with Crippen LogP contribution in [0.1, 0.15) is 37.9 Å². The Labute approximate surface area is 134 Å². The fraction of sp³-hybridized carbons (Fsp3) is 0.333. The second-order valence-corrected chi connectivity index (χ2v) is 6.81. The van der Waals surface area contributed by atoms with E-state index < -0.39 is 0 Å². The number of nitrogens with zero attached hydrogens (tertiary/aromatic N) is 3. The summed E-state index contributed by atoms with van der Waals surface area (Å²) in [5, 5.41) is 0.574. The molecule has 5 heteroatoms. The van der Waals surface area contributed by atoms with Crippen molar-refractivity contribution in [2.75, 3.05) is 0 Å². The molecule has 0 aliphatic heterocycles. The Hall–Kier alpha value is -2.56. The van der Waals surface area contributed by atoms with Crippen molar-refractivity contribution in [3.8, 4) is 11.4 Å². The van der Waals surface area contributed by atoms with E-state index in [2.05, 4.69) is 30.7 Å². The lowest BCUT2D eigenvalue weighted by atomic mass is 9.90. The average molecular weight is 308 g/mol. The number of pyridine rings is 2. The zero-order chi connectivity index (χ0) is 16.8. The molecule has 23 heavy (non-hydrogen) atoms. The maximum Gasteiger partial charge on any atom is 0.191 e. The van der Waals surface area contributed by atoms with Gasteiger partial charge in [-0.2, -0.15) is 0 Å². The molecule has 0 aliphatic rings. The molecule has 0 unspecified atom stereocenters. The first-order valence-corrected chi connectivity index (χ1v) is 7.60. The second-order valence-electron chi connectivity index (χ2n) is 6.81. The molecule has 0 saturated carbocycles. The molecule has 0 amide bonds. The van der Waals surface area contributed by atoms with Crippen molar-refractivity contribution in [2.24, 2.45) is 0 Å². The Morgan fingerprint density at radius 3 is 2.52 bits per heavy atom. The Balaban J connectivity index is 2.24. The highest BCUT2D eigenvalue weighted by Gasteiger charge is 2.21. The van der Waals surface area contributed by atoms with Crippen LogP contribution in [0, 0.1) is 13.8 Å². The van der Waals surface area contributed by atoms with Gasteiger partial charge in [0.15, 0.2) is 5.43 Å². The van der Waals surface area contributed by atoms with Crippen molar-refractivity contribution < 1.29 is 0 Å². The molecule has 0 radical (unpaired) electrons. The number of aromatic nitrogens is 4. The summed E-state index contributed by atoms with van der Waals surface area (Å²) in [6.07, 6.45) is 3.24. The van der Waals surface area contributed by atoms with E-state index in [1.807, 2.05) is 13.8 Å². The highest BCUT2D eigenvalue weighted by molar-refractivity contribution is 5.80. The maximum atomic E-state index is 12.3. The number of rotatable bonds is 1. The predicted octanol–water partition coefficient (Wildman–Crippen LogP) is 3.29. The zero-order valence-electron chi connectivity index (χ0n) is 14.1. The Kier molecular flexibility index (Phi) is 3.51. The molecule has 0 bridgehead atoms. The van der Waals surface area contributed by atoms with Crippen LogP contribution in [0.5, 0.6) is 0 Å². The van der Waals surface area contributed by atoms with Gasteiger partial charge in [0.05, 0.1) is 33.7 Å². The maximum absolute atomic E-state index is 12.3. The van der Waals surface area contributed by atoms with Crippen LogP contribution in [-0.2, 0) is 5.41 Å². The van der Waals surface area contributed by atoms with Crippen LogP contribution in [0.2, 0.25) is 0 Å². The van der Waals surface area contributed by atoms with Gasteiger partial charge in [0.25, 0.3) is 0 Å². The zero-order valence-corrected chi connectivity index (χ0v) is 14.1. The van der Waals surface area contributed by atoms with E-state index >= 15 is 0 Å². The van der Waals surface area contributed by atoms with Gasteiger partial charge in [0.1, 0.15) is 5.69 Å². The van der Waals surface area contributed by atoms with E-state index in [0.29, 0.717) is 16.8 Å². The van der Waals surface area contributed by atoms with E-state index in [1.165, 1.54) is 0 Å². The van der Waals surface area contributed by atoms with Crippen LogP contribution in [-0.4, -0.2) is 19.9 Å². The average Bonchev–Trinajstić information content (AvgIpc) is 2.48. The molecule has 0 aliphatic carbocycles. The van der Waals surface area contributed by atoms with Crippen LogP contribution in [0.25, 0.3) is 22.3 Å². The Bertz CT molecular complexity index is 951. The lowest BCUT2D eigenvalue weighted by Gasteiger charge is -2.21. The van der Waals surface area contributed by atoms with Gasteiger partial charge >= 0.3 is 0 Å². The summed E-state index contributed by atoms with van der Waals surface area (Å²) in [5.74, 6) is 0. The van der Waals surface area contributed by atoms with Crippen LogP contribution < -0.4 is 5.43 Å². The summed E-state index contributed by atoms with van der Waals surface area (Å²) in [5.41, 5.74) is 4.68. The van der Waals surface area contributed by atoms with Gasteiger partial charge in [-0.15, -0.1) is 0 Å². The number of H-pyrrole nitrogens is 1. The quantitative estimate of drug-likeness (QED) is 0.748. The standard InChI is InChI=1S/C18H20N4O/c1-10-16(20-11(2)17(21-10)18(3,4)5)14-8-15(23)12-9-19-7-6-13(12)22-14/h6-9H,1-5H3,(H,22,23). The minimum Gasteiger partial charge on any atom is -0.353 e. The van der Waals surface area contributed by atoms with E-state index in [-0.39, 0.29) is 10.8 Å². The summed E-state index contributed by atoms with van der Waals surface area (Å²) in [6.45, 7) is 10.2. The number of hydrogen-bond acceptors (Lipinski definition) is 4. The van der Waals surface area contributed by atoms with Gasteiger partial charge in [0, 0.05) is 23.9 Å². The fourth-order valence-electron chi connectivity index (χ4n) is 2.79. The minimum absolute atomic E-state index is 0.0666. The summed E-state index contributed by atoms with van der Waals surface area (Å²) < 4.78 is 0. The van der Waals surface area contributed by atoms with Crippen LogP contribution in [0.3, 0.4) is 0 Å². The first-order valence-electron chi connectivity index (χ1n) is 7.60. The molecule has 3 aromatic rings. The molecule has 0 aromatic carbocycles. The third kappa shape index (κ3) is 2.74. The first kappa shape index (κ1) is 15.3. The largest absolute Gasteiger partial charge is 0.353 e. The number of aryl methyl sites for hydroxylation is 2. The lowest BCUT2D eigenvalue weighted by molar-refractivity contribution is 0.558. The van der Waals surface area contributed by atoms with Crippen LogP contribution in [0.15, 0.2) is 29.3 Å². The number of hydrogen-bond donors (Lipinski definition) is 1. The van der Waals surface area contributed by atoms with Crippen molar-refractivity contribution in [2.45, 2.75) is 40.0 Å². The van der Waals surface area contributed by atoms with Crippen molar-refractivity contribution >= 4 is 10.9 Å². The molecule has 3 aromatic heterocycles. The lowest BCUT2D eigenvalue weighted by Crippen LogP contribution is -2.18. The molecular weight excluding hydrogens is 288 g/mol. The SMILES string of the molecule is Cc1nc(C(C)(C)C)c(C)nc1-c1cc(=O)c2cnccc2[nH]1. The summed E-state index contributed by atoms with van der Waals surface area (Å²) in [4.78, 5) is 29.0. The first-order chi connectivity index (χ1) is 10.8.